The first-order valence-electron chi connectivity index (χ1n) is 7.03. The molecule has 3 rings (SSSR count). The Labute approximate surface area is 155 Å². The van der Waals surface area contributed by atoms with Crippen LogP contribution >= 0.6 is 34.5 Å². The highest BCUT2D eigenvalue weighted by atomic mass is 35.5. The average molecular weight is 404 g/mol. The Hall–Kier alpha value is -1.76. The van der Waals surface area contributed by atoms with Gasteiger partial charge in [-0.05, 0) is 36.8 Å². The first-order valence-corrected chi connectivity index (χ1v) is 8.61. The van der Waals surface area contributed by atoms with Gasteiger partial charge < -0.3 is 5.32 Å². The summed E-state index contributed by atoms with van der Waals surface area (Å²) in [6.45, 7) is 1.92. The number of hydrogen-bond donors (Lipinski definition) is 1. The third-order valence-corrected chi connectivity index (χ3v) is 5.51. The van der Waals surface area contributed by atoms with Crippen molar-refractivity contribution in [2.24, 2.45) is 0 Å². The summed E-state index contributed by atoms with van der Waals surface area (Å²) in [7, 11) is 0. The van der Waals surface area contributed by atoms with E-state index >= 15 is 0 Å². The Bertz CT molecular complexity index is 982. The summed E-state index contributed by atoms with van der Waals surface area (Å²) in [4.78, 5) is 12.7. The lowest BCUT2D eigenvalue weighted by Gasteiger charge is -2.11. The molecule has 1 aromatic heterocycles. The zero-order valence-corrected chi connectivity index (χ0v) is 15.0. The molecular formula is C17H10Cl2F3NOS. The number of fused-ring (bicyclic) bond motifs is 1. The van der Waals surface area contributed by atoms with Gasteiger partial charge in [0.1, 0.15) is 4.88 Å². The average Bonchev–Trinajstić information content (AvgIpc) is 2.84. The third kappa shape index (κ3) is 3.61. The number of amides is 1. The van der Waals surface area contributed by atoms with E-state index in [-0.39, 0.29) is 15.6 Å². The van der Waals surface area contributed by atoms with E-state index in [2.05, 4.69) is 5.32 Å². The van der Waals surface area contributed by atoms with Gasteiger partial charge in [0.05, 0.1) is 15.6 Å². The van der Waals surface area contributed by atoms with E-state index in [1.165, 1.54) is 17.4 Å². The molecule has 2 nitrogen and oxygen atoms in total. The third-order valence-electron chi connectivity index (χ3n) is 3.52. The highest BCUT2D eigenvalue weighted by Crippen LogP contribution is 2.38. The number of nitrogens with one attached hydrogen (secondary N) is 1. The zero-order chi connectivity index (χ0) is 18.4. The fraction of sp³-hybridized carbons (Fsp3) is 0.118. The van der Waals surface area contributed by atoms with Gasteiger partial charge in [-0.25, -0.2) is 0 Å². The van der Waals surface area contributed by atoms with E-state index in [1.807, 2.05) is 25.1 Å². The van der Waals surface area contributed by atoms with Crippen molar-refractivity contribution in [3.63, 3.8) is 0 Å². The van der Waals surface area contributed by atoms with Crippen LogP contribution in [0.25, 0.3) is 10.1 Å². The molecule has 130 valence electrons. The lowest BCUT2D eigenvalue weighted by Crippen LogP contribution is -2.12. The molecule has 3 aromatic rings. The lowest BCUT2D eigenvalue weighted by atomic mass is 10.2. The minimum atomic E-state index is -4.61. The molecule has 0 radical (unpaired) electrons. The molecule has 0 aliphatic carbocycles. The number of rotatable bonds is 2. The van der Waals surface area contributed by atoms with Crippen LogP contribution in [0.1, 0.15) is 20.8 Å². The van der Waals surface area contributed by atoms with E-state index in [4.69, 9.17) is 23.2 Å². The van der Waals surface area contributed by atoms with Crippen LogP contribution in [0.15, 0.2) is 36.4 Å². The van der Waals surface area contributed by atoms with Gasteiger partial charge in [-0.3, -0.25) is 4.79 Å². The maximum absolute atomic E-state index is 12.9. The van der Waals surface area contributed by atoms with Crippen molar-refractivity contribution in [3.8, 4) is 0 Å². The summed E-state index contributed by atoms with van der Waals surface area (Å²) in [5.74, 6) is -0.570. The van der Waals surface area contributed by atoms with E-state index in [0.29, 0.717) is 0 Å². The standard InChI is InChI=1S/C17H10Cl2F3NOS/c1-8-2-4-10-13(6-8)25-15(14(10)19)16(24)23-9-3-5-12(18)11(7-9)17(20,21)22/h2-7H,1H3,(H,23,24). The van der Waals surface area contributed by atoms with E-state index < -0.39 is 22.7 Å². The van der Waals surface area contributed by atoms with Crippen molar-refractivity contribution in [3.05, 3.63) is 62.4 Å². The molecule has 25 heavy (non-hydrogen) atoms. The first-order chi connectivity index (χ1) is 11.7. The summed E-state index contributed by atoms with van der Waals surface area (Å²) in [6.07, 6.45) is -4.61. The first kappa shape index (κ1) is 18.0. The molecule has 1 heterocycles. The predicted octanol–water partition coefficient (Wildman–Crippen LogP) is 6.79. The molecule has 1 N–H and O–H groups in total. The highest BCUT2D eigenvalue weighted by Gasteiger charge is 2.33. The summed E-state index contributed by atoms with van der Waals surface area (Å²) < 4.78 is 39.6. The second-order valence-electron chi connectivity index (χ2n) is 5.39. The number of carbonyl (C=O) groups excluding carboxylic acids is 1. The SMILES string of the molecule is Cc1ccc2c(Cl)c(C(=O)Nc3ccc(Cl)c(C(F)(F)F)c3)sc2c1. The number of alkyl halides is 3. The van der Waals surface area contributed by atoms with Crippen molar-refractivity contribution in [2.75, 3.05) is 5.32 Å². The van der Waals surface area contributed by atoms with Crippen molar-refractivity contribution >= 4 is 56.2 Å². The number of hydrogen-bond acceptors (Lipinski definition) is 2. The second kappa shape index (κ2) is 6.52. The highest BCUT2D eigenvalue weighted by molar-refractivity contribution is 7.21. The van der Waals surface area contributed by atoms with Gasteiger partial charge in [-0.2, -0.15) is 13.2 Å². The normalized spacial score (nSPS) is 11.8. The largest absolute Gasteiger partial charge is 0.417 e. The number of benzene rings is 2. The summed E-state index contributed by atoms with van der Waals surface area (Å²) >= 11 is 13.0. The summed E-state index contributed by atoms with van der Waals surface area (Å²) in [6, 6.07) is 8.77. The Kier molecular flexibility index (Phi) is 4.70. The molecular weight excluding hydrogens is 394 g/mol. The van der Waals surface area contributed by atoms with Crippen molar-refractivity contribution in [2.45, 2.75) is 13.1 Å². The molecule has 0 fully saturated rings. The number of carbonyl (C=O) groups is 1. The topological polar surface area (TPSA) is 29.1 Å². The maximum Gasteiger partial charge on any atom is 0.417 e. The van der Waals surface area contributed by atoms with Gasteiger partial charge in [0.2, 0.25) is 0 Å². The Morgan fingerprint density at radius 2 is 1.84 bits per heavy atom. The lowest BCUT2D eigenvalue weighted by molar-refractivity contribution is -0.137. The van der Waals surface area contributed by atoms with Gasteiger partial charge in [-0.1, -0.05) is 35.3 Å². The van der Waals surface area contributed by atoms with Gasteiger partial charge >= 0.3 is 6.18 Å². The van der Waals surface area contributed by atoms with Gasteiger partial charge in [0.15, 0.2) is 0 Å². The van der Waals surface area contributed by atoms with E-state index in [0.717, 1.165) is 27.8 Å². The van der Waals surface area contributed by atoms with Crippen LogP contribution in [0.3, 0.4) is 0 Å². The Morgan fingerprint density at radius 1 is 1.12 bits per heavy atom. The van der Waals surface area contributed by atoms with Crippen LogP contribution in [-0.4, -0.2) is 5.91 Å². The monoisotopic (exact) mass is 403 g/mol. The summed E-state index contributed by atoms with van der Waals surface area (Å²) in [5, 5.41) is 3.02. The molecule has 2 aromatic carbocycles. The molecule has 1 amide bonds. The van der Waals surface area contributed by atoms with Gasteiger partial charge in [0, 0.05) is 15.8 Å². The predicted molar refractivity (Wildman–Crippen MR) is 96.0 cm³/mol. The number of anilines is 1. The second-order valence-corrected chi connectivity index (χ2v) is 7.23. The van der Waals surface area contributed by atoms with Gasteiger partial charge in [0.25, 0.3) is 5.91 Å². The van der Waals surface area contributed by atoms with Crippen LogP contribution in [-0.2, 0) is 6.18 Å². The van der Waals surface area contributed by atoms with Crippen LogP contribution < -0.4 is 5.32 Å². The molecule has 0 unspecified atom stereocenters. The quantitative estimate of drug-likeness (QED) is 0.501. The van der Waals surface area contributed by atoms with E-state index in [1.54, 1.807) is 0 Å². The molecule has 8 heteroatoms. The minimum absolute atomic E-state index is 0.00794. The Balaban J connectivity index is 1.94. The summed E-state index contributed by atoms with van der Waals surface area (Å²) in [5.41, 5.74) is 0.00125. The van der Waals surface area contributed by atoms with Crippen LogP contribution in [0.2, 0.25) is 10.0 Å². The molecule has 0 aliphatic rings. The molecule has 0 saturated heterocycles. The van der Waals surface area contributed by atoms with Crippen molar-refractivity contribution < 1.29 is 18.0 Å². The Morgan fingerprint density at radius 3 is 2.52 bits per heavy atom. The van der Waals surface area contributed by atoms with Crippen LogP contribution in [0, 0.1) is 6.92 Å². The smallest absolute Gasteiger partial charge is 0.321 e. The maximum atomic E-state index is 12.9. The molecule has 0 atom stereocenters. The van der Waals surface area contributed by atoms with Crippen LogP contribution in [0.4, 0.5) is 18.9 Å². The fourth-order valence-electron chi connectivity index (χ4n) is 2.33. The van der Waals surface area contributed by atoms with Crippen molar-refractivity contribution in [1.82, 2.24) is 0 Å². The molecule has 0 aliphatic heterocycles. The molecule has 0 saturated carbocycles. The fourth-order valence-corrected chi connectivity index (χ4v) is 4.06. The number of aryl methyl sites for hydroxylation is 1. The molecule has 0 bridgehead atoms. The van der Waals surface area contributed by atoms with E-state index in [9.17, 15) is 18.0 Å². The minimum Gasteiger partial charge on any atom is -0.321 e. The zero-order valence-electron chi connectivity index (χ0n) is 12.7. The van der Waals surface area contributed by atoms with Crippen molar-refractivity contribution in [1.29, 1.82) is 0 Å². The van der Waals surface area contributed by atoms with Crippen LogP contribution in [0.5, 0.6) is 0 Å². The molecule has 0 spiro atoms. The number of halogens is 5. The van der Waals surface area contributed by atoms with Gasteiger partial charge in [-0.15, -0.1) is 11.3 Å². The number of thiophene rings is 1.